The Bertz CT molecular complexity index is 610. The number of hydrogen-bond acceptors (Lipinski definition) is 4. The maximum Gasteiger partial charge on any atom is 0.140 e. The van der Waals surface area contributed by atoms with E-state index in [4.69, 9.17) is 4.74 Å². The number of benzene rings is 1. The van der Waals surface area contributed by atoms with E-state index in [0.29, 0.717) is 12.4 Å². The van der Waals surface area contributed by atoms with Crippen molar-refractivity contribution in [3.63, 3.8) is 0 Å². The number of thiazole rings is 1. The van der Waals surface area contributed by atoms with Crippen LogP contribution < -0.4 is 4.74 Å². The summed E-state index contributed by atoms with van der Waals surface area (Å²) in [4.78, 5) is 7.18. The zero-order chi connectivity index (χ0) is 16.1. The van der Waals surface area contributed by atoms with Crippen molar-refractivity contribution in [3.05, 3.63) is 46.2 Å². The predicted octanol–water partition coefficient (Wildman–Crippen LogP) is 4.48. The van der Waals surface area contributed by atoms with Gasteiger partial charge in [0, 0.05) is 18.5 Å². The van der Waals surface area contributed by atoms with Gasteiger partial charge in [-0.2, -0.15) is 0 Å². The number of nitrogens with zero attached hydrogens (tertiary/aromatic N) is 2. The smallest absolute Gasteiger partial charge is 0.140 e. The highest BCUT2D eigenvalue weighted by Crippen LogP contribution is 2.30. The topological polar surface area (TPSA) is 25.4 Å². The fraction of sp³-hybridized carbons (Fsp3) is 0.500. The van der Waals surface area contributed by atoms with Crippen molar-refractivity contribution in [1.82, 2.24) is 9.88 Å². The average molecular weight is 334 g/mol. The molecule has 0 atom stereocenters. The molecular formula is C18H23FN2OS. The monoisotopic (exact) mass is 334 g/mol. The Morgan fingerprint density at radius 3 is 2.78 bits per heavy atom. The highest BCUT2D eigenvalue weighted by atomic mass is 32.1. The summed E-state index contributed by atoms with van der Waals surface area (Å²) < 4.78 is 18.5. The highest BCUT2D eigenvalue weighted by Gasteiger charge is 2.24. The minimum atomic E-state index is -0.249. The summed E-state index contributed by atoms with van der Waals surface area (Å²) in [5.74, 6) is 1.33. The molecule has 0 spiro atoms. The van der Waals surface area contributed by atoms with E-state index in [2.05, 4.69) is 22.2 Å². The number of rotatable bonds is 9. The van der Waals surface area contributed by atoms with Gasteiger partial charge in [-0.3, -0.25) is 4.90 Å². The third-order valence-electron chi connectivity index (χ3n) is 3.91. The summed E-state index contributed by atoms with van der Waals surface area (Å²) in [6.07, 6.45) is 3.94. The van der Waals surface area contributed by atoms with Crippen LogP contribution in [0.5, 0.6) is 5.75 Å². The lowest BCUT2D eigenvalue weighted by Crippen LogP contribution is -2.26. The Morgan fingerprint density at radius 2 is 2.09 bits per heavy atom. The van der Waals surface area contributed by atoms with Gasteiger partial charge in [-0.1, -0.05) is 6.92 Å². The SMILES string of the molecule is CCCN(Cc1csc(COc2ccc(F)cc2)n1)CC1CC1. The van der Waals surface area contributed by atoms with Crippen molar-refractivity contribution in [2.45, 2.75) is 39.3 Å². The Balaban J connectivity index is 1.51. The van der Waals surface area contributed by atoms with Gasteiger partial charge in [0.1, 0.15) is 23.2 Å². The van der Waals surface area contributed by atoms with Gasteiger partial charge in [0.25, 0.3) is 0 Å². The van der Waals surface area contributed by atoms with Crippen molar-refractivity contribution in [1.29, 1.82) is 0 Å². The van der Waals surface area contributed by atoms with Gasteiger partial charge in [0.05, 0.1) is 5.69 Å². The fourth-order valence-electron chi connectivity index (χ4n) is 2.61. The molecule has 0 aliphatic heterocycles. The van der Waals surface area contributed by atoms with Crippen LogP contribution in [0.25, 0.3) is 0 Å². The van der Waals surface area contributed by atoms with Gasteiger partial charge in [0.2, 0.25) is 0 Å². The van der Waals surface area contributed by atoms with Crippen molar-refractivity contribution in [3.8, 4) is 5.75 Å². The van der Waals surface area contributed by atoms with E-state index in [1.165, 1.54) is 37.9 Å². The third kappa shape index (κ3) is 5.29. The molecule has 23 heavy (non-hydrogen) atoms. The molecule has 5 heteroatoms. The van der Waals surface area contributed by atoms with E-state index < -0.39 is 0 Å². The maximum atomic E-state index is 12.9. The Kier molecular flexibility index (Phi) is 5.62. The summed E-state index contributed by atoms with van der Waals surface area (Å²) in [6.45, 7) is 5.93. The molecule has 124 valence electrons. The number of hydrogen-bond donors (Lipinski definition) is 0. The first kappa shape index (κ1) is 16.4. The zero-order valence-corrected chi connectivity index (χ0v) is 14.3. The number of halogens is 1. The number of ether oxygens (including phenoxy) is 1. The first-order chi connectivity index (χ1) is 11.2. The highest BCUT2D eigenvalue weighted by molar-refractivity contribution is 7.09. The van der Waals surface area contributed by atoms with Gasteiger partial charge < -0.3 is 4.74 Å². The van der Waals surface area contributed by atoms with Crippen molar-refractivity contribution in [2.24, 2.45) is 5.92 Å². The molecule has 0 amide bonds. The van der Waals surface area contributed by atoms with Crippen LogP contribution in [-0.4, -0.2) is 23.0 Å². The second kappa shape index (κ2) is 7.88. The zero-order valence-electron chi connectivity index (χ0n) is 13.5. The van der Waals surface area contributed by atoms with E-state index in [1.807, 2.05) is 0 Å². The van der Waals surface area contributed by atoms with Gasteiger partial charge in [0.15, 0.2) is 0 Å². The first-order valence-electron chi connectivity index (χ1n) is 8.27. The molecule has 1 saturated carbocycles. The van der Waals surface area contributed by atoms with Crippen molar-refractivity contribution in [2.75, 3.05) is 13.1 Å². The predicted molar refractivity (Wildman–Crippen MR) is 91.1 cm³/mol. The lowest BCUT2D eigenvalue weighted by atomic mass is 10.3. The maximum absolute atomic E-state index is 12.9. The summed E-state index contributed by atoms with van der Waals surface area (Å²) in [7, 11) is 0. The minimum absolute atomic E-state index is 0.249. The van der Waals surface area contributed by atoms with Crippen LogP contribution in [0.4, 0.5) is 4.39 Å². The fourth-order valence-corrected chi connectivity index (χ4v) is 3.31. The Morgan fingerprint density at radius 1 is 1.30 bits per heavy atom. The van der Waals surface area contributed by atoms with Crippen LogP contribution in [0.3, 0.4) is 0 Å². The molecular weight excluding hydrogens is 311 g/mol. The minimum Gasteiger partial charge on any atom is -0.486 e. The van der Waals surface area contributed by atoms with E-state index in [-0.39, 0.29) is 5.82 Å². The van der Waals surface area contributed by atoms with Crippen LogP contribution in [0.15, 0.2) is 29.6 Å². The molecule has 1 fully saturated rings. The molecule has 1 aliphatic carbocycles. The molecule has 0 bridgehead atoms. The van der Waals surface area contributed by atoms with E-state index >= 15 is 0 Å². The van der Waals surface area contributed by atoms with E-state index in [0.717, 1.165) is 29.7 Å². The lowest BCUT2D eigenvalue weighted by molar-refractivity contribution is 0.252. The Hall–Kier alpha value is -1.46. The van der Waals surface area contributed by atoms with E-state index in [1.54, 1.807) is 23.5 Å². The molecule has 1 heterocycles. The second-order valence-corrected chi connectivity index (χ2v) is 7.10. The second-order valence-electron chi connectivity index (χ2n) is 6.15. The summed E-state index contributed by atoms with van der Waals surface area (Å²) in [5.41, 5.74) is 1.13. The number of aromatic nitrogens is 1. The van der Waals surface area contributed by atoms with Crippen LogP contribution in [-0.2, 0) is 13.2 Å². The summed E-state index contributed by atoms with van der Waals surface area (Å²) in [5, 5.41) is 3.09. The van der Waals surface area contributed by atoms with Crippen molar-refractivity contribution < 1.29 is 9.13 Å². The molecule has 0 unspecified atom stereocenters. The molecule has 0 saturated heterocycles. The molecule has 0 N–H and O–H groups in total. The van der Waals surface area contributed by atoms with Crippen LogP contribution in [0, 0.1) is 11.7 Å². The van der Waals surface area contributed by atoms with Gasteiger partial charge >= 0.3 is 0 Å². The largest absolute Gasteiger partial charge is 0.486 e. The standard InChI is InChI=1S/C18H23FN2OS/c1-2-9-21(10-14-3-4-14)11-16-13-23-18(20-16)12-22-17-7-5-15(19)6-8-17/h5-8,13-14H,2-4,9-12H2,1H3. The van der Waals surface area contributed by atoms with E-state index in [9.17, 15) is 4.39 Å². The first-order valence-corrected chi connectivity index (χ1v) is 9.15. The van der Waals surface area contributed by atoms with Gasteiger partial charge in [-0.15, -0.1) is 11.3 Å². The normalized spacial score (nSPS) is 14.4. The van der Waals surface area contributed by atoms with Gasteiger partial charge in [-0.25, -0.2) is 9.37 Å². The lowest BCUT2D eigenvalue weighted by Gasteiger charge is -2.20. The molecule has 1 aromatic heterocycles. The molecule has 3 rings (SSSR count). The molecule has 2 aromatic rings. The average Bonchev–Trinajstić information content (AvgIpc) is 3.24. The molecule has 0 radical (unpaired) electrons. The van der Waals surface area contributed by atoms with Crippen LogP contribution >= 0.6 is 11.3 Å². The van der Waals surface area contributed by atoms with Gasteiger partial charge in [-0.05, 0) is 56.0 Å². The molecule has 1 aromatic carbocycles. The summed E-state index contributed by atoms with van der Waals surface area (Å²) >= 11 is 1.63. The third-order valence-corrected chi connectivity index (χ3v) is 4.79. The van der Waals surface area contributed by atoms with Crippen LogP contribution in [0.1, 0.15) is 36.9 Å². The quantitative estimate of drug-likeness (QED) is 0.676. The van der Waals surface area contributed by atoms with Crippen molar-refractivity contribution >= 4 is 11.3 Å². The van der Waals surface area contributed by atoms with Crippen LogP contribution in [0.2, 0.25) is 0 Å². The summed E-state index contributed by atoms with van der Waals surface area (Å²) in [6, 6.07) is 6.09. The molecule has 3 nitrogen and oxygen atoms in total. The molecule has 1 aliphatic rings. The Labute approximate surface area is 141 Å².